The lowest BCUT2D eigenvalue weighted by molar-refractivity contribution is 0.204. The third-order valence-corrected chi connectivity index (χ3v) is 1.33. The maximum atomic E-state index is 11.0. The molecule has 0 unspecified atom stereocenters. The van der Waals surface area contributed by atoms with Gasteiger partial charge in [0, 0.05) is 19.6 Å². The largest absolute Gasteiger partial charge is 0.338 e. The van der Waals surface area contributed by atoms with Gasteiger partial charge in [-0.1, -0.05) is 0 Å². The molecule has 0 aliphatic heterocycles. The number of carbonyl (C=O) groups is 1. The van der Waals surface area contributed by atoms with Crippen molar-refractivity contribution in [3.63, 3.8) is 0 Å². The predicted octanol–water partition coefficient (Wildman–Crippen LogP) is 0.872. The summed E-state index contributed by atoms with van der Waals surface area (Å²) < 4.78 is 0. The van der Waals surface area contributed by atoms with Crippen LogP contribution in [0.2, 0.25) is 0 Å². The molecule has 2 amide bonds. The Hall–Kier alpha value is -0.730. The van der Waals surface area contributed by atoms with E-state index in [1.54, 1.807) is 4.90 Å². The Morgan fingerprint density at radius 3 is 2.30 bits per heavy atom. The molecular weight excluding hydrogens is 128 g/mol. The normalized spacial score (nSPS) is 9.10. The number of hydrogen-bond donors (Lipinski definition) is 1. The summed E-state index contributed by atoms with van der Waals surface area (Å²) in [6.07, 6.45) is 0. The van der Waals surface area contributed by atoms with E-state index in [0.29, 0.717) is 6.54 Å². The molecule has 0 saturated carbocycles. The molecule has 0 rings (SSSR count). The van der Waals surface area contributed by atoms with E-state index in [0.717, 1.165) is 13.1 Å². The Morgan fingerprint density at radius 2 is 2.00 bits per heavy atom. The first kappa shape index (κ1) is 9.27. The number of nitrogens with one attached hydrogen (secondary N) is 1. The van der Waals surface area contributed by atoms with Crippen LogP contribution in [0, 0.1) is 6.92 Å². The van der Waals surface area contributed by atoms with Crippen LogP contribution in [0.4, 0.5) is 4.79 Å². The summed E-state index contributed by atoms with van der Waals surface area (Å²) >= 11 is 0. The molecule has 1 N–H and O–H groups in total. The quantitative estimate of drug-likeness (QED) is 0.624. The van der Waals surface area contributed by atoms with E-state index >= 15 is 0 Å². The third-order valence-electron chi connectivity index (χ3n) is 1.33. The van der Waals surface area contributed by atoms with Crippen LogP contribution in [0.5, 0.6) is 0 Å². The lowest BCUT2D eigenvalue weighted by Crippen LogP contribution is -2.39. The van der Waals surface area contributed by atoms with E-state index in [1.807, 2.05) is 13.8 Å². The second kappa shape index (κ2) is 5.09. The third kappa shape index (κ3) is 2.71. The molecular formula is C7H15N2O. The van der Waals surface area contributed by atoms with Gasteiger partial charge in [0.2, 0.25) is 0 Å². The summed E-state index contributed by atoms with van der Waals surface area (Å²) in [4.78, 5) is 12.7. The van der Waals surface area contributed by atoms with E-state index in [9.17, 15) is 4.79 Å². The SMILES string of the molecule is [CH2]CNC(=O)N(CC)CC. The molecule has 3 nitrogen and oxygen atoms in total. The Bertz CT molecular complexity index is 99.8. The highest BCUT2D eigenvalue weighted by molar-refractivity contribution is 5.74. The molecule has 0 spiro atoms. The first-order valence-electron chi connectivity index (χ1n) is 3.58. The second-order valence-electron chi connectivity index (χ2n) is 1.90. The summed E-state index contributed by atoms with van der Waals surface area (Å²) in [6.45, 7) is 9.38. The van der Waals surface area contributed by atoms with Gasteiger partial charge in [-0.15, -0.1) is 0 Å². The fourth-order valence-corrected chi connectivity index (χ4v) is 0.730. The van der Waals surface area contributed by atoms with Gasteiger partial charge < -0.3 is 10.2 Å². The number of hydrogen-bond acceptors (Lipinski definition) is 1. The first-order valence-corrected chi connectivity index (χ1v) is 3.58. The lowest BCUT2D eigenvalue weighted by Gasteiger charge is -2.18. The maximum Gasteiger partial charge on any atom is 0.317 e. The van der Waals surface area contributed by atoms with E-state index in [4.69, 9.17) is 0 Å². The van der Waals surface area contributed by atoms with Gasteiger partial charge in [-0.05, 0) is 20.8 Å². The average molecular weight is 143 g/mol. The average Bonchev–Trinajstić information content (AvgIpc) is 1.91. The van der Waals surface area contributed by atoms with Crippen molar-refractivity contribution >= 4 is 6.03 Å². The fraction of sp³-hybridized carbons (Fsp3) is 0.714. The van der Waals surface area contributed by atoms with Gasteiger partial charge in [0.05, 0.1) is 0 Å². The van der Waals surface area contributed by atoms with Crippen molar-refractivity contribution in [2.24, 2.45) is 0 Å². The van der Waals surface area contributed by atoms with Gasteiger partial charge in [0.15, 0.2) is 0 Å². The molecule has 0 aliphatic rings. The zero-order valence-corrected chi connectivity index (χ0v) is 6.68. The Morgan fingerprint density at radius 1 is 1.50 bits per heavy atom. The minimum Gasteiger partial charge on any atom is -0.338 e. The minimum absolute atomic E-state index is 0.0278. The van der Waals surface area contributed by atoms with Gasteiger partial charge in [-0.3, -0.25) is 0 Å². The van der Waals surface area contributed by atoms with Gasteiger partial charge in [-0.25, -0.2) is 4.79 Å². The van der Waals surface area contributed by atoms with E-state index < -0.39 is 0 Å². The number of carbonyl (C=O) groups excluding carboxylic acids is 1. The molecule has 0 heterocycles. The Kier molecular flexibility index (Phi) is 4.72. The first-order chi connectivity index (χ1) is 4.76. The lowest BCUT2D eigenvalue weighted by atomic mass is 10.5. The molecule has 0 aromatic carbocycles. The minimum atomic E-state index is -0.0278. The molecule has 0 aromatic heterocycles. The zero-order chi connectivity index (χ0) is 7.98. The summed E-state index contributed by atoms with van der Waals surface area (Å²) in [6, 6.07) is -0.0278. The van der Waals surface area contributed by atoms with Crippen molar-refractivity contribution < 1.29 is 4.79 Å². The highest BCUT2D eigenvalue weighted by atomic mass is 16.2. The van der Waals surface area contributed by atoms with Gasteiger partial charge in [-0.2, -0.15) is 0 Å². The van der Waals surface area contributed by atoms with Crippen molar-refractivity contribution in [2.75, 3.05) is 19.6 Å². The molecule has 10 heavy (non-hydrogen) atoms. The van der Waals surface area contributed by atoms with Gasteiger partial charge >= 0.3 is 6.03 Å². The summed E-state index contributed by atoms with van der Waals surface area (Å²) in [5, 5.41) is 2.62. The van der Waals surface area contributed by atoms with Crippen LogP contribution in [0.25, 0.3) is 0 Å². The van der Waals surface area contributed by atoms with E-state index in [1.165, 1.54) is 0 Å². The summed E-state index contributed by atoms with van der Waals surface area (Å²) in [5.74, 6) is 0. The van der Waals surface area contributed by atoms with Crippen LogP contribution in [-0.2, 0) is 0 Å². The molecule has 3 heteroatoms. The molecule has 0 atom stereocenters. The number of rotatable bonds is 3. The van der Waals surface area contributed by atoms with Crippen molar-refractivity contribution in [3.05, 3.63) is 6.92 Å². The van der Waals surface area contributed by atoms with Crippen LogP contribution < -0.4 is 5.32 Å². The Labute approximate surface area is 62.4 Å². The fourth-order valence-electron chi connectivity index (χ4n) is 0.730. The smallest absolute Gasteiger partial charge is 0.317 e. The standard InChI is InChI=1S/C7H15N2O/c1-4-8-7(10)9(5-2)6-3/h1,4-6H2,2-3H3,(H,8,10). The molecule has 0 aromatic rings. The van der Waals surface area contributed by atoms with Crippen molar-refractivity contribution in [3.8, 4) is 0 Å². The molecule has 0 bridgehead atoms. The summed E-state index contributed by atoms with van der Waals surface area (Å²) in [5.41, 5.74) is 0. The summed E-state index contributed by atoms with van der Waals surface area (Å²) in [7, 11) is 0. The molecule has 0 aliphatic carbocycles. The van der Waals surface area contributed by atoms with Gasteiger partial charge in [0.1, 0.15) is 0 Å². The Balaban J connectivity index is 3.65. The highest BCUT2D eigenvalue weighted by Gasteiger charge is 2.05. The highest BCUT2D eigenvalue weighted by Crippen LogP contribution is 1.86. The zero-order valence-electron chi connectivity index (χ0n) is 6.68. The molecule has 1 radical (unpaired) electrons. The topological polar surface area (TPSA) is 32.3 Å². The van der Waals surface area contributed by atoms with Crippen LogP contribution >= 0.6 is 0 Å². The van der Waals surface area contributed by atoms with Crippen molar-refractivity contribution in [2.45, 2.75) is 13.8 Å². The molecule has 0 fully saturated rings. The molecule has 59 valence electrons. The van der Waals surface area contributed by atoms with Crippen molar-refractivity contribution in [1.82, 2.24) is 10.2 Å². The maximum absolute atomic E-state index is 11.0. The number of nitrogens with zero attached hydrogens (tertiary/aromatic N) is 1. The van der Waals surface area contributed by atoms with E-state index in [-0.39, 0.29) is 6.03 Å². The van der Waals surface area contributed by atoms with Crippen molar-refractivity contribution in [1.29, 1.82) is 0 Å². The van der Waals surface area contributed by atoms with Crippen LogP contribution in [0.1, 0.15) is 13.8 Å². The van der Waals surface area contributed by atoms with Crippen LogP contribution in [-0.4, -0.2) is 30.6 Å². The molecule has 0 saturated heterocycles. The van der Waals surface area contributed by atoms with Crippen LogP contribution in [0.15, 0.2) is 0 Å². The predicted molar refractivity (Wildman–Crippen MR) is 41.7 cm³/mol. The van der Waals surface area contributed by atoms with E-state index in [2.05, 4.69) is 12.2 Å². The number of amides is 2. The van der Waals surface area contributed by atoms with Gasteiger partial charge in [0.25, 0.3) is 0 Å². The monoisotopic (exact) mass is 143 g/mol. The number of urea groups is 1. The second-order valence-corrected chi connectivity index (χ2v) is 1.90. The van der Waals surface area contributed by atoms with Crippen LogP contribution in [0.3, 0.4) is 0 Å².